The lowest BCUT2D eigenvalue weighted by atomic mass is 10.2. The van der Waals surface area contributed by atoms with Crippen LogP contribution in [0, 0.1) is 10.1 Å². The minimum Gasteiger partial charge on any atom is -0.320 e. The fourth-order valence-electron chi connectivity index (χ4n) is 2.26. The van der Waals surface area contributed by atoms with Crippen molar-refractivity contribution in [2.24, 2.45) is 0 Å². The normalized spacial score (nSPS) is 13.4. The van der Waals surface area contributed by atoms with Crippen LogP contribution in [-0.4, -0.2) is 21.4 Å². The number of nitrogens with zero attached hydrogens (tertiary/aromatic N) is 4. The van der Waals surface area contributed by atoms with Crippen LogP contribution < -0.4 is 4.90 Å². The second-order valence-electron chi connectivity index (χ2n) is 4.12. The van der Waals surface area contributed by atoms with Gasteiger partial charge in [-0.1, -0.05) is 29.8 Å². The average molecular weight is 277 g/mol. The molecule has 0 bridgehead atoms. The van der Waals surface area contributed by atoms with Crippen molar-refractivity contribution in [2.75, 3.05) is 11.4 Å². The van der Waals surface area contributed by atoms with E-state index in [9.17, 15) is 10.1 Å². The van der Waals surface area contributed by atoms with Gasteiger partial charge in [0.05, 0.1) is 4.92 Å². The second kappa shape index (κ2) is 4.47. The molecule has 1 aliphatic rings. The predicted octanol–water partition coefficient (Wildman–Crippen LogP) is 2.73. The Bertz CT molecular complexity index is 662. The number of rotatable bonds is 2. The first kappa shape index (κ1) is 11.9. The van der Waals surface area contributed by atoms with Gasteiger partial charge in [0.25, 0.3) is 0 Å². The van der Waals surface area contributed by atoms with Gasteiger partial charge in [-0.3, -0.25) is 10.1 Å². The largest absolute Gasteiger partial charge is 0.348 e. The lowest BCUT2D eigenvalue weighted by Gasteiger charge is -2.17. The Morgan fingerprint density at radius 2 is 2.11 bits per heavy atom. The number of hydrogen-bond acceptors (Lipinski definition) is 5. The molecule has 1 aliphatic heterocycles. The molecule has 0 atom stereocenters. The third kappa shape index (κ3) is 1.90. The van der Waals surface area contributed by atoms with Crippen LogP contribution >= 0.6 is 11.6 Å². The Morgan fingerprint density at radius 1 is 1.32 bits per heavy atom. The summed E-state index contributed by atoms with van der Waals surface area (Å²) in [6.07, 6.45) is 2.07. The molecular formula is C12H9ClN4O2. The molecule has 0 radical (unpaired) electrons. The SMILES string of the molecule is O=[N+]([O-])c1c(Cl)ncnc1N1CCc2ccccc21. The van der Waals surface area contributed by atoms with E-state index in [1.807, 2.05) is 24.3 Å². The molecule has 2 heterocycles. The van der Waals surface area contributed by atoms with Crippen molar-refractivity contribution in [3.63, 3.8) is 0 Å². The van der Waals surface area contributed by atoms with Gasteiger partial charge in [0.1, 0.15) is 6.33 Å². The Hall–Kier alpha value is -2.21. The van der Waals surface area contributed by atoms with Crippen LogP contribution in [0.15, 0.2) is 30.6 Å². The van der Waals surface area contributed by atoms with Crippen molar-refractivity contribution >= 4 is 28.8 Å². The van der Waals surface area contributed by atoms with Gasteiger partial charge < -0.3 is 4.90 Å². The van der Waals surface area contributed by atoms with Crippen molar-refractivity contribution in [1.29, 1.82) is 0 Å². The van der Waals surface area contributed by atoms with Crippen molar-refractivity contribution in [1.82, 2.24) is 9.97 Å². The first-order valence-corrected chi connectivity index (χ1v) is 6.06. The summed E-state index contributed by atoms with van der Waals surface area (Å²) < 4.78 is 0. The summed E-state index contributed by atoms with van der Waals surface area (Å²) in [7, 11) is 0. The van der Waals surface area contributed by atoms with E-state index in [4.69, 9.17) is 11.6 Å². The van der Waals surface area contributed by atoms with Gasteiger partial charge in [-0.05, 0) is 18.1 Å². The molecule has 3 rings (SSSR count). The van der Waals surface area contributed by atoms with Gasteiger partial charge in [-0.15, -0.1) is 0 Å². The summed E-state index contributed by atoms with van der Waals surface area (Å²) in [5.74, 6) is 0.245. The third-order valence-corrected chi connectivity index (χ3v) is 3.36. The minimum atomic E-state index is -0.543. The standard InChI is InChI=1S/C12H9ClN4O2/c13-11-10(17(18)19)12(15-7-14-11)16-6-5-8-3-1-2-4-9(8)16/h1-4,7H,5-6H2. The van der Waals surface area contributed by atoms with Gasteiger partial charge in [-0.25, -0.2) is 9.97 Å². The van der Waals surface area contributed by atoms with Gasteiger partial charge >= 0.3 is 5.69 Å². The van der Waals surface area contributed by atoms with Gasteiger partial charge in [-0.2, -0.15) is 0 Å². The van der Waals surface area contributed by atoms with E-state index in [1.165, 1.54) is 6.33 Å². The van der Waals surface area contributed by atoms with Gasteiger partial charge in [0.2, 0.25) is 11.0 Å². The van der Waals surface area contributed by atoms with Crippen LogP contribution in [0.4, 0.5) is 17.2 Å². The Morgan fingerprint density at radius 3 is 2.89 bits per heavy atom. The van der Waals surface area contributed by atoms with Crippen molar-refractivity contribution in [2.45, 2.75) is 6.42 Å². The molecule has 0 saturated carbocycles. The molecule has 0 fully saturated rings. The molecule has 7 heteroatoms. The maximum absolute atomic E-state index is 11.1. The molecule has 0 N–H and O–H groups in total. The van der Waals surface area contributed by atoms with Crippen LogP contribution in [0.2, 0.25) is 5.15 Å². The Kier molecular flexibility index (Phi) is 2.79. The fraction of sp³-hybridized carbons (Fsp3) is 0.167. The number of hydrogen-bond donors (Lipinski definition) is 0. The van der Waals surface area contributed by atoms with Crippen LogP contribution in [-0.2, 0) is 6.42 Å². The van der Waals surface area contributed by atoms with Crippen LogP contribution in [0.25, 0.3) is 0 Å². The molecule has 0 saturated heterocycles. The smallest absolute Gasteiger partial charge is 0.320 e. The molecule has 0 aliphatic carbocycles. The number of anilines is 2. The van der Waals surface area contributed by atoms with Crippen LogP contribution in [0.1, 0.15) is 5.56 Å². The van der Waals surface area contributed by atoms with Crippen molar-refractivity contribution < 1.29 is 4.92 Å². The third-order valence-electron chi connectivity index (χ3n) is 3.08. The van der Waals surface area contributed by atoms with Crippen LogP contribution in [0.3, 0.4) is 0 Å². The molecule has 1 aromatic heterocycles. The topological polar surface area (TPSA) is 72.2 Å². The minimum absolute atomic E-state index is 0.139. The maximum atomic E-state index is 11.1. The average Bonchev–Trinajstić information content (AvgIpc) is 2.81. The highest BCUT2D eigenvalue weighted by Gasteiger charge is 2.30. The van der Waals surface area contributed by atoms with Crippen molar-refractivity contribution in [3.05, 3.63) is 51.4 Å². The molecule has 2 aromatic rings. The fourth-order valence-corrected chi connectivity index (χ4v) is 2.46. The molecule has 0 spiro atoms. The number of fused-ring (bicyclic) bond motifs is 1. The van der Waals surface area contributed by atoms with Gasteiger partial charge in [0.15, 0.2) is 0 Å². The number of halogens is 1. The zero-order chi connectivity index (χ0) is 13.4. The zero-order valence-corrected chi connectivity index (χ0v) is 10.5. The lowest BCUT2D eigenvalue weighted by molar-refractivity contribution is -0.384. The van der Waals surface area contributed by atoms with Gasteiger partial charge in [0, 0.05) is 12.2 Å². The molecule has 19 heavy (non-hydrogen) atoms. The first-order chi connectivity index (χ1) is 9.18. The summed E-state index contributed by atoms with van der Waals surface area (Å²) >= 11 is 5.81. The summed E-state index contributed by atoms with van der Waals surface area (Å²) in [5, 5.41) is 11.0. The highest BCUT2D eigenvalue weighted by Crippen LogP contribution is 2.39. The predicted molar refractivity (Wildman–Crippen MR) is 70.8 cm³/mol. The van der Waals surface area contributed by atoms with E-state index in [2.05, 4.69) is 9.97 Å². The highest BCUT2D eigenvalue weighted by atomic mass is 35.5. The number of nitro groups is 1. The van der Waals surface area contributed by atoms with E-state index in [-0.39, 0.29) is 16.7 Å². The Labute approximate surface area is 113 Å². The lowest BCUT2D eigenvalue weighted by Crippen LogP contribution is -2.17. The van der Waals surface area contributed by atoms with E-state index in [0.717, 1.165) is 17.7 Å². The molecule has 96 valence electrons. The molecule has 1 aromatic carbocycles. The Balaban J connectivity index is 2.15. The first-order valence-electron chi connectivity index (χ1n) is 5.69. The maximum Gasteiger partial charge on any atom is 0.348 e. The molecule has 0 amide bonds. The quantitative estimate of drug-likeness (QED) is 0.479. The number of para-hydroxylation sites is 1. The number of aromatic nitrogens is 2. The van der Waals surface area contributed by atoms with Crippen LogP contribution in [0.5, 0.6) is 0 Å². The van der Waals surface area contributed by atoms with E-state index in [0.29, 0.717) is 6.54 Å². The van der Waals surface area contributed by atoms with E-state index < -0.39 is 4.92 Å². The van der Waals surface area contributed by atoms with E-state index >= 15 is 0 Å². The summed E-state index contributed by atoms with van der Waals surface area (Å²) in [6, 6.07) is 7.77. The number of benzene rings is 1. The highest BCUT2D eigenvalue weighted by molar-refractivity contribution is 6.31. The summed E-state index contributed by atoms with van der Waals surface area (Å²) in [4.78, 5) is 20.1. The molecule has 6 nitrogen and oxygen atoms in total. The monoisotopic (exact) mass is 276 g/mol. The van der Waals surface area contributed by atoms with E-state index in [1.54, 1.807) is 4.90 Å². The second-order valence-corrected chi connectivity index (χ2v) is 4.48. The molecular weight excluding hydrogens is 268 g/mol. The van der Waals surface area contributed by atoms with Crippen molar-refractivity contribution in [3.8, 4) is 0 Å². The zero-order valence-electron chi connectivity index (χ0n) is 9.78. The summed E-state index contributed by atoms with van der Waals surface area (Å²) in [5.41, 5.74) is 1.83. The summed E-state index contributed by atoms with van der Waals surface area (Å²) in [6.45, 7) is 0.646. The molecule has 0 unspecified atom stereocenters.